The van der Waals surface area contributed by atoms with E-state index < -0.39 is 0 Å². The summed E-state index contributed by atoms with van der Waals surface area (Å²) in [4.78, 5) is 0. The minimum Gasteiger partial charge on any atom is -0.0690 e. The molecule has 0 aliphatic heterocycles. The molecular formula is C37H27. The molecule has 175 valence electrons. The first kappa shape index (κ1) is 21.8. The zero-order valence-corrected chi connectivity index (χ0v) is 21.1. The molecule has 1 atom stereocenters. The monoisotopic (exact) mass is 471 g/mol. The molecule has 0 heterocycles. The second-order valence-electron chi connectivity index (χ2n) is 10.1. The summed E-state index contributed by atoms with van der Waals surface area (Å²) >= 11 is 0. The number of benzene rings is 5. The third-order valence-corrected chi connectivity index (χ3v) is 7.90. The highest BCUT2D eigenvalue weighted by Gasteiger charge is 2.28. The molecule has 0 nitrogen and oxygen atoms in total. The number of hydrogen-bond acceptors (Lipinski definition) is 0. The first-order valence-corrected chi connectivity index (χ1v) is 13.0. The molecule has 0 heteroatoms. The van der Waals surface area contributed by atoms with Gasteiger partial charge in [0.05, 0.1) is 0 Å². The molecule has 5 aromatic rings. The predicted molar refractivity (Wildman–Crippen MR) is 153 cm³/mol. The topological polar surface area (TPSA) is 0 Å². The molecule has 5 aromatic carbocycles. The molecule has 0 saturated carbocycles. The average molecular weight is 472 g/mol. The summed E-state index contributed by atoms with van der Waals surface area (Å²) in [5, 5.41) is 5.01. The molecule has 0 amide bonds. The number of fused-ring (bicyclic) bond motifs is 3. The standard InChI is InChI=1S/C37H27/c1-24-12-11-19-29-25(2)22-34(35(24)29)37-32(21-20-31-30-18-10-9-17-28(30)23-33(31)37)36(26-13-5-3-6-14-26)27-15-7-4-8-16-27/h3-22,34H,1-2H3. The van der Waals surface area contributed by atoms with Crippen LogP contribution in [0.1, 0.15) is 51.8 Å². The van der Waals surface area contributed by atoms with Crippen LogP contribution >= 0.6 is 0 Å². The van der Waals surface area contributed by atoms with Crippen molar-refractivity contribution in [3.63, 3.8) is 0 Å². The van der Waals surface area contributed by atoms with Crippen LogP contribution in [0.25, 0.3) is 17.2 Å². The van der Waals surface area contributed by atoms with E-state index in [9.17, 15) is 0 Å². The smallest absolute Gasteiger partial charge is 0.0296 e. The van der Waals surface area contributed by atoms with Crippen LogP contribution in [0, 0.1) is 17.4 Å². The first-order chi connectivity index (χ1) is 18.2. The van der Waals surface area contributed by atoms with Crippen molar-refractivity contribution in [2.75, 3.05) is 0 Å². The Labute approximate surface area is 217 Å². The van der Waals surface area contributed by atoms with Crippen LogP contribution in [0.15, 0.2) is 121 Å². The van der Waals surface area contributed by atoms with Crippen molar-refractivity contribution in [3.05, 3.63) is 181 Å². The van der Waals surface area contributed by atoms with Crippen LogP contribution < -0.4 is 10.4 Å². The zero-order chi connectivity index (χ0) is 24.9. The summed E-state index contributed by atoms with van der Waals surface area (Å²) in [5.74, 6) is 0.172. The lowest BCUT2D eigenvalue weighted by Crippen LogP contribution is -2.20. The summed E-state index contributed by atoms with van der Waals surface area (Å²) in [5.41, 5.74) is 11.8. The fourth-order valence-electron chi connectivity index (χ4n) is 6.26. The van der Waals surface area contributed by atoms with Crippen LogP contribution in [0.2, 0.25) is 0 Å². The van der Waals surface area contributed by atoms with Crippen molar-refractivity contribution in [2.45, 2.75) is 19.8 Å². The zero-order valence-electron chi connectivity index (χ0n) is 21.1. The van der Waals surface area contributed by atoms with Gasteiger partial charge in [-0.3, -0.25) is 0 Å². The largest absolute Gasteiger partial charge is 0.0690 e. The van der Waals surface area contributed by atoms with Crippen LogP contribution in [0.4, 0.5) is 0 Å². The van der Waals surface area contributed by atoms with Gasteiger partial charge in [0.15, 0.2) is 0 Å². The maximum Gasteiger partial charge on any atom is 0.0296 e. The Morgan fingerprint density at radius 3 is 2.00 bits per heavy atom. The van der Waals surface area contributed by atoms with Crippen LogP contribution in [0.5, 0.6) is 0 Å². The van der Waals surface area contributed by atoms with Gasteiger partial charge in [0, 0.05) is 5.92 Å². The Morgan fingerprint density at radius 1 is 0.595 bits per heavy atom. The molecular weight excluding hydrogens is 444 g/mol. The Balaban J connectivity index is 1.69. The van der Waals surface area contributed by atoms with Crippen LogP contribution in [-0.2, 0) is 0 Å². The molecule has 0 spiro atoms. The quantitative estimate of drug-likeness (QED) is 0.258. The van der Waals surface area contributed by atoms with Crippen molar-refractivity contribution in [1.29, 1.82) is 0 Å². The van der Waals surface area contributed by atoms with Crippen molar-refractivity contribution in [2.24, 2.45) is 0 Å². The number of hydrogen-bond donors (Lipinski definition) is 0. The molecule has 0 fully saturated rings. The fourth-order valence-corrected chi connectivity index (χ4v) is 6.26. The first-order valence-electron chi connectivity index (χ1n) is 13.0. The van der Waals surface area contributed by atoms with Crippen molar-refractivity contribution in [3.8, 4) is 0 Å². The summed E-state index contributed by atoms with van der Waals surface area (Å²) in [6, 6.07) is 41.7. The van der Waals surface area contributed by atoms with E-state index in [2.05, 4.69) is 141 Å². The fraction of sp³-hybridized carbons (Fsp3) is 0.0811. The third kappa shape index (κ3) is 3.44. The van der Waals surface area contributed by atoms with Gasteiger partial charge < -0.3 is 0 Å². The molecule has 2 aliphatic carbocycles. The van der Waals surface area contributed by atoms with E-state index in [-0.39, 0.29) is 5.92 Å². The highest BCUT2D eigenvalue weighted by atomic mass is 14.3. The Kier molecular flexibility index (Phi) is 5.08. The third-order valence-electron chi connectivity index (χ3n) is 7.90. The highest BCUT2D eigenvalue weighted by Crippen LogP contribution is 2.42. The molecule has 2 aliphatic rings. The van der Waals surface area contributed by atoms with Gasteiger partial charge in [-0.15, -0.1) is 0 Å². The van der Waals surface area contributed by atoms with E-state index in [1.807, 2.05) is 0 Å². The minimum absolute atomic E-state index is 0.172. The van der Waals surface area contributed by atoms with Crippen molar-refractivity contribution >= 4 is 17.2 Å². The molecule has 37 heavy (non-hydrogen) atoms. The molecule has 0 aromatic heterocycles. The second-order valence-corrected chi connectivity index (χ2v) is 10.1. The van der Waals surface area contributed by atoms with Gasteiger partial charge in [-0.2, -0.15) is 0 Å². The van der Waals surface area contributed by atoms with Gasteiger partial charge >= 0.3 is 0 Å². The lowest BCUT2D eigenvalue weighted by atomic mass is 9.83. The normalized spacial score (nSPS) is 14.9. The van der Waals surface area contributed by atoms with E-state index in [4.69, 9.17) is 0 Å². The van der Waals surface area contributed by atoms with Gasteiger partial charge in [0.2, 0.25) is 0 Å². The summed E-state index contributed by atoms with van der Waals surface area (Å²) in [7, 11) is 0. The molecule has 7 rings (SSSR count). The Morgan fingerprint density at radius 2 is 1.27 bits per heavy atom. The number of rotatable bonds is 3. The number of allylic oxidation sites excluding steroid dienone is 2. The second kappa shape index (κ2) is 8.61. The van der Waals surface area contributed by atoms with E-state index in [1.54, 1.807) is 0 Å². The highest BCUT2D eigenvalue weighted by molar-refractivity contribution is 5.83. The Hall–Kier alpha value is -4.42. The summed E-state index contributed by atoms with van der Waals surface area (Å²) < 4.78 is 0. The van der Waals surface area contributed by atoms with E-state index in [1.165, 1.54) is 71.0 Å². The van der Waals surface area contributed by atoms with Gasteiger partial charge in [-0.25, -0.2) is 0 Å². The van der Waals surface area contributed by atoms with E-state index >= 15 is 0 Å². The predicted octanol–water partition coefficient (Wildman–Crippen LogP) is 7.10. The minimum atomic E-state index is 0.172. The number of aryl methyl sites for hydroxylation is 1. The van der Waals surface area contributed by atoms with E-state index in [0.29, 0.717) is 0 Å². The SMILES string of the molecule is CC1=CC(c2c3c(ccc2=C(c2ccccc2)c2ccccc2)=c2ccccc2=[C]3)c2c(C)cccc21. The lowest BCUT2D eigenvalue weighted by Gasteiger charge is -2.20. The summed E-state index contributed by atoms with van der Waals surface area (Å²) in [6.07, 6.45) is 6.31. The Bertz CT molecular complexity index is 1880. The average Bonchev–Trinajstić information content (AvgIpc) is 3.48. The molecule has 1 radical (unpaired) electrons. The van der Waals surface area contributed by atoms with Crippen molar-refractivity contribution < 1.29 is 0 Å². The van der Waals surface area contributed by atoms with Gasteiger partial charge in [-0.05, 0) is 90.9 Å². The van der Waals surface area contributed by atoms with Gasteiger partial charge in [0.1, 0.15) is 0 Å². The maximum atomic E-state index is 3.84. The molecule has 0 bridgehead atoms. The lowest BCUT2D eigenvalue weighted by molar-refractivity contribution is 1.01. The molecule has 1 unspecified atom stereocenters. The van der Waals surface area contributed by atoms with E-state index in [0.717, 1.165) is 0 Å². The molecule has 0 saturated heterocycles. The summed E-state index contributed by atoms with van der Waals surface area (Å²) in [6.45, 7) is 4.50. The van der Waals surface area contributed by atoms with Crippen LogP contribution in [0.3, 0.4) is 0 Å². The van der Waals surface area contributed by atoms with Gasteiger partial charge in [0.25, 0.3) is 0 Å². The molecule has 0 N–H and O–H groups in total. The van der Waals surface area contributed by atoms with Crippen molar-refractivity contribution in [1.82, 2.24) is 0 Å². The van der Waals surface area contributed by atoms with Crippen LogP contribution in [-0.4, -0.2) is 0 Å². The maximum absolute atomic E-state index is 3.84. The van der Waals surface area contributed by atoms with Gasteiger partial charge in [-0.1, -0.05) is 121 Å².